The molecule has 5 atom stereocenters. The van der Waals surface area contributed by atoms with E-state index in [1.54, 1.807) is 30.3 Å². The largest absolute Gasteiger partial charge is 0.456 e. The van der Waals surface area contributed by atoms with E-state index in [1.807, 2.05) is 0 Å². The molecule has 4 aliphatic rings. The highest BCUT2D eigenvalue weighted by atomic mass is 19.4. The van der Waals surface area contributed by atoms with Gasteiger partial charge in [-0.3, -0.25) is 9.59 Å². The molecule has 0 aromatic heterocycles. The Morgan fingerprint density at radius 3 is 2.35 bits per heavy atom. The molecule has 0 spiro atoms. The Labute approximate surface area is 211 Å². The molecule has 0 amide bonds. The number of allylic oxidation sites excluding steroid dienone is 4. The van der Waals surface area contributed by atoms with Crippen LogP contribution < -0.4 is 0 Å². The number of carbonyl (C=O) groups excluding carboxylic acids is 2. The van der Waals surface area contributed by atoms with Crippen LogP contribution in [0.4, 0.5) is 22.0 Å². The van der Waals surface area contributed by atoms with Gasteiger partial charge in [-0.05, 0) is 73.1 Å². The van der Waals surface area contributed by atoms with Gasteiger partial charge in [0.2, 0.25) is 0 Å². The highest BCUT2D eigenvalue weighted by molar-refractivity contribution is 5.97. The molecule has 200 valence electrons. The summed E-state index contributed by atoms with van der Waals surface area (Å²) in [6.07, 6.45) is -3.28. The van der Waals surface area contributed by atoms with Gasteiger partial charge in [0.1, 0.15) is 12.2 Å². The third-order valence-corrected chi connectivity index (χ3v) is 9.59. The van der Waals surface area contributed by atoms with Gasteiger partial charge in [-0.15, -0.1) is 0 Å². The van der Waals surface area contributed by atoms with Crippen molar-refractivity contribution in [1.82, 2.24) is 0 Å². The van der Waals surface area contributed by atoms with Gasteiger partial charge in [0.25, 0.3) is 0 Å². The van der Waals surface area contributed by atoms with E-state index in [0.717, 1.165) is 22.3 Å². The lowest BCUT2D eigenvalue weighted by atomic mass is 9.53. The molecule has 1 unspecified atom stereocenters. The summed E-state index contributed by atoms with van der Waals surface area (Å²) in [7, 11) is 0. The maximum Gasteiger partial charge on any atom is 0.456 e. The Hall–Kier alpha value is -2.39. The zero-order chi connectivity index (χ0) is 27.0. The monoisotopic (exact) mass is 524 g/mol. The Kier molecular flexibility index (Phi) is 6.07. The Balaban J connectivity index is 1.55. The Morgan fingerprint density at radius 2 is 1.73 bits per heavy atom. The summed E-state index contributed by atoms with van der Waals surface area (Å²) in [5.74, 6) is -6.80. The van der Waals surface area contributed by atoms with Crippen molar-refractivity contribution in [2.75, 3.05) is 6.61 Å². The molecular formula is C28H29F5O4. The average Bonchev–Trinajstić information content (AvgIpc) is 3.14. The highest BCUT2D eigenvalue weighted by Gasteiger charge is 2.78. The molecule has 9 heteroatoms. The standard InChI is InChI=1S/C28H29F5O4/c1-25-10-8-20-19(22(25)9-11-26(25,37)27(29,30)28(31,32)33)7-6-17-12-18(35)13-21(24(17)20)15-2-4-16(5-3-15)23(36)14-34/h2-5,12,19,21-22,34,37H,6-11,13-14H2,1H3/t19-,21?,22+,25+,26+/m1/s1. The van der Waals surface area contributed by atoms with E-state index < -0.39 is 47.8 Å². The van der Waals surface area contributed by atoms with Crippen molar-refractivity contribution in [1.29, 1.82) is 0 Å². The van der Waals surface area contributed by atoms with Crippen LogP contribution in [0.2, 0.25) is 0 Å². The number of alkyl halides is 5. The van der Waals surface area contributed by atoms with Gasteiger partial charge < -0.3 is 10.2 Å². The SMILES string of the molecule is C[C@]12CCC3=C4C(=CC(=O)CC4c4ccc(C(=O)CO)cc4)CC[C@H]3[C@@H]1CC[C@@]2(O)C(F)(F)C(F)(F)F. The van der Waals surface area contributed by atoms with Crippen molar-refractivity contribution in [2.24, 2.45) is 17.3 Å². The third-order valence-electron chi connectivity index (χ3n) is 9.59. The number of Topliss-reactive ketones (excluding diaryl/α,β-unsaturated/α-hetero) is 1. The number of hydrogen-bond acceptors (Lipinski definition) is 4. The number of fused-ring (bicyclic) bond motifs is 4. The van der Waals surface area contributed by atoms with Crippen molar-refractivity contribution < 1.29 is 41.8 Å². The summed E-state index contributed by atoms with van der Waals surface area (Å²) in [4.78, 5) is 24.4. The minimum atomic E-state index is -5.85. The van der Waals surface area contributed by atoms with Gasteiger partial charge in [-0.1, -0.05) is 36.8 Å². The number of benzene rings is 1. The number of aliphatic hydroxyl groups excluding tert-OH is 1. The number of halogens is 5. The summed E-state index contributed by atoms with van der Waals surface area (Å²) in [6, 6.07) is 6.67. The lowest BCUT2D eigenvalue weighted by Crippen LogP contribution is -2.64. The van der Waals surface area contributed by atoms with Crippen LogP contribution in [-0.4, -0.2) is 46.1 Å². The molecule has 1 aromatic rings. The molecular weight excluding hydrogens is 495 g/mol. The summed E-state index contributed by atoms with van der Waals surface area (Å²) in [6.45, 7) is 0.765. The van der Waals surface area contributed by atoms with Crippen LogP contribution in [-0.2, 0) is 4.79 Å². The summed E-state index contributed by atoms with van der Waals surface area (Å²) in [5, 5.41) is 20.1. The van der Waals surface area contributed by atoms with Crippen molar-refractivity contribution in [3.05, 3.63) is 58.2 Å². The second kappa shape index (κ2) is 8.56. The molecule has 4 nitrogen and oxygen atoms in total. The van der Waals surface area contributed by atoms with E-state index in [1.165, 1.54) is 6.92 Å². The smallest absolute Gasteiger partial charge is 0.388 e. The summed E-state index contributed by atoms with van der Waals surface area (Å²) in [5.41, 5.74) is -0.810. The first-order chi connectivity index (χ1) is 17.2. The van der Waals surface area contributed by atoms with Crippen molar-refractivity contribution in [3.63, 3.8) is 0 Å². The molecule has 0 heterocycles. The fourth-order valence-electron chi connectivity index (χ4n) is 7.68. The fraction of sp³-hybridized carbons (Fsp3) is 0.571. The molecule has 0 radical (unpaired) electrons. The minimum Gasteiger partial charge on any atom is -0.388 e. The first kappa shape index (κ1) is 26.2. The van der Waals surface area contributed by atoms with E-state index in [2.05, 4.69) is 0 Å². The van der Waals surface area contributed by atoms with E-state index in [-0.39, 0.29) is 43.3 Å². The number of carbonyl (C=O) groups is 2. The van der Waals surface area contributed by atoms with Gasteiger partial charge in [-0.2, -0.15) is 22.0 Å². The average molecular weight is 525 g/mol. The van der Waals surface area contributed by atoms with Crippen LogP contribution in [0.3, 0.4) is 0 Å². The molecule has 0 bridgehead atoms. The molecule has 0 aliphatic heterocycles. The maximum absolute atomic E-state index is 14.7. The number of hydrogen-bond donors (Lipinski definition) is 2. The van der Waals surface area contributed by atoms with Gasteiger partial charge in [-0.25, -0.2) is 0 Å². The third kappa shape index (κ3) is 3.67. The second-order valence-corrected chi connectivity index (χ2v) is 11.2. The molecule has 0 saturated heterocycles. The zero-order valence-electron chi connectivity index (χ0n) is 20.4. The van der Waals surface area contributed by atoms with Crippen LogP contribution >= 0.6 is 0 Å². The molecule has 2 N–H and O–H groups in total. The first-order valence-electron chi connectivity index (χ1n) is 12.6. The van der Waals surface area contributed by atoms with Crippen molar-refractivity contribution in [3.8, 4) is 0 Å². The summed E-state index contributed by atoms with van der Waals surface area (Å²) >= 11 is 0. The van der Waals surface area contributed by atoms with Gasteiger partial charge >= 0.3 is 12.1 Å². The Morgan fingerprint density at radius 1 is 1.05 bits per heavy atom. The molecule has 4 aliphatic carbocycles. The van der Waals surface area contributed by atoms with E-state index in [4.69, 9.17) is 5.11 Å². The van der Waals surface area contributed by atoms with Crippen molar-refractivity contribution in [2.45, 2.75) is 75.5 Å². The topological polar surface area (TPSA) is 74.6 Å². The number of rotatable bonds is 4. The van der Waals surface area contributed by atoms with Gasteiger partial charge in [0, 0.05) is 23.3 Å². The highest BCUT2D eigenvalue weighted by Crippen LogP contribution is 2.68. The van der Waals surface area contributed by atoms with E-state index in [0.29, 0.717) is 18.4 Å². The predicted molar refractivity (Wildman–Crippen MR) is 124 cm³/mol. The van der Waals surface area contributed by atoms with E-state index >= 15 is 0 Å². The van der Waals surface area contributed by atoms with Gasteiger partial charge in [0.15, 0.2) is 11.6 Å². The first-order valence-corrected chi connectivity index (χ1v) is 12.6. The van der Waals surface area contributed by atoms with Crippen LogP contribution in [0.1, 0.15) is 73.7 Å². The molecule has 37 heavy (non-hydrogen) atoms. The molecule has 2 saturated carbocycles. The van der Waals surface area contributed by atoms with Gasteiger partial charge in [0.05, 0.1) is 0 Å². The maximum atomic E-state index is 14.7. The predicted octanol–water partition coefficient (Wildman–Crippen LogP) is 5.69. The second-order valence-electron chi connectivity index (χ2n) is 11.2. The van der Waals surface area contributed by atoms with Crippen molar-refractivity contribution >= 4 is 11.6 Å². The number of aliphatic hydroxyl groups is 2. The normalized spacial score (nSPS) is 34.0. The van der Waals surface area contributed by atoms with Crippen LogP contribution in [0.25, 0.3) is 0 Å². The van der Waals surface area contributed by atoms with Crippen LogP contribution in [0.5, 0.6) is 0 Å². The zero-order valence-corrected chi connectivity index (χ0v) is 20.4. The molecule has 5 rings (SSSR count). The minimum absolute atomic E-state index is 0.00689. The Bertz CT molecular complexity index is 1200. The molecule has 1 aromatic carbocycles. The van der Waals surface area contributed by atoms with Crippen LogP contribution in [0, 0.1) is 17.3 Å². The lowest BCUT2D eigenvalue weighted by Gasteiger charge is -2.53. The lowest BCUT2D eigenvalue weighted by molar-refractivity contribution is -0.362. The van der Waals surface area contributed by atoms with E-state index in [9.17, 15) is 36.6 Å². The number of ketones is 2. The fourth-order valence-corrected chi connectivity index (χ4v) is 7.68. The quantitative estimate of drug-likeness (QED) is 0.392. The summed E-state index contributed by atoms with van der Waals surface area (Å²) < 4.78 is 69.6. The van der Waals surface area contributed by atoms with Crippen LogP contribution in [0.15, 0.2) is 47.1 Å². The molecule has 2 fully saturated rings.